The van der Waals surface area contributed by atoms with Gasteiger partial charge in [0.25, 0.3) is 11.5 Å². The minimum absolute atomic E-state index is 0.0266. The van der Waals surface area contributed by atoms with E-state index in [0.29, 0.717) is 0 Å². The van der Waals surface area contributed by atoms with Gasteiger partial charge in [-0.1, -0.05) is 12.1 Å². The average Bonchev–Trinajstić information content (AvgIpc) is 2.61. The Kier molecular flexibility index (Phi) is 2.57. The van der Waals surface area contributed by atoms with Crippen molar-refractivity contribution >= 4 is 17.4 Å². The Labute approximate surface area is 95.3 Å². The van der Waals surface area contributed by atoms with E-state index in [9.17, 15) is 14.7 Å². The maximum atomic E-state index is 11.7. The molecule has 0 aliphatic carbocycles. The molecule has 0 saturated carbocycles. The summed E-state index contributed by atoms with van der Waals surface area (Å²) >= 11 is 0. The highest BCUT2D eigenvalue weighted by Crippen LogP contribution is 2.17. The van der Waals surface area contributed by atoms with Crippen LogP contribution in [0.2, 0.25) is 0 Å². The van der Waals surface area contributed by atoms with Crippen molar-refractivity contribution in [3.8, 4) is 5.75 Å². The molecule has 0 saturated heterocycles. The van der Waals surface area contributed by atoms with Gasteiger partial charge in [-0.15, -0.1) is 0 Å². The maximum Gasteiger partial charge on any atom is 0.289 e. The van der Waals surface area contributed by atoms with Gasteiger partial charge in [0.2, 0.25) is 0 Å². The number of carbonyl (C=O) groups excluding carboxylic acids is 1. The quantitative estimate of drug-likeness (QED) is 0.510. The molecule has 0 aliphatic heterocycles. The summed E-state index contributed by atoms with van der Waals surface area (Å²) in [6, 6.07) is 5.99. The lowest BCUT2D eigenvalue weighted by Crippen LogP contribution is -2.17. The molecule has 0 unspecified atom stereocenters. The second-order valence-electron chi connectivity index (χ2n) is 3.34. The van der Waals surface area contributed by atoms with Crippen molar-refractivity contribution in [1.29, 1.82) is 0 Å². The van der Waals surface area contributed by atoms with Gasteiger partial charge >= 0.3 is 0 Å². The summed E-state index contributed by atoms with van der Waals surface area (Å²) in [6.07, 6.45) is 0. The molecule has 0 fully saturated rings. The Balaban J connectivity index is 2.30. The first-order chi connectivity index (χ1) is 8.09. The Morgan fingerprint density at radius 1 is 1.29 bits per heavy atom. The van der Waals surface area contributed by atoms with Gasteiger partial charge in [0.05, 0.1) is 5.56 Å². The van der Waals surface area contributed by atoms with Crippen LogP contribution in [0, 0.1) is 0 Å². The molecule has 6 N–H and O–H groups in total. The number of phenolic OH excluding ortho intramolecular Hbond substituents is 1. The minimum Gasteiger partial charge on any atom is -0.507 e. The zero-order valence-corrected chi connectivity index (χ0v) is 8.65. The number of para-hydroxylation sites is 1. The summed E-state index contributed by atoms with van der Waals surface area (Å²) in [7, 11) is 0. The summed E-state index contributed by atoms with van der Waals surface area (Å²) in [4.78, 5) is 23.0. The van der Waals surface area contributed by atoms with Gasteiger partial charge < -0.3 is 16.2 Å². The van der Waals surface area contributed by atoms with Crippen molar-refractivity contribution in [2.24, 2.45) is 0 Å². The fraction of sp³-hybridized carbons (Fsp3) is 0. The molecule has 17 heavy (non-hydrogen) atoms. The molecule has 2 rings (SSSR count). The van der Waals surface area contributed by atoms with Gasteiger partial charge in [0.1, 0.15) is 11.6 Å². The number of phenols is 1. The predicted molar refractivity (Wildman–Crippen MR) is 61.9 cm³/mol. The number of aromatic amines is 2. The van der Waals surface area contributed by atoms with Crippen molar-refractivity contribution in [1.82, 2.24) is 10.2 Å². The predicted octanol–water partition coefficient (Wildman–Crippen LogP) is 0.243. The summed E-state index contributed by atoms with van der Waals surface area (Å²) in [5, 5.41) is 16.4. The lowest BCUT2D eigenvalue weighted by molar-refractivity contribution is 0.102. The van der Waals surface area contributed by atoms with Crippen LogP contribution >= 0.6 is 0 Å². The first-order valence-corrected chi connectivity index (χ1v) is 4.75. The Hall–Kier alpha value is -2.70. The molecule has 7 nitrogen and oxygen atoms in total. The van der Waals surface area contributed by atoms with Crippen LogP contribution < -0.4 is 16.6 Å². The van der Waals surface area contributed by atoms with Gasteiger partial charge in [-0.2, -0.15) is 0 Å². The number of nitrogens with two attached hydrogens (primary N) is 1. The molecule has 0 spiro atoms. The third-order valence-electron chi connectivity index (χ3n) is 2.19. The summed E-state index contributed by atoms with van der Waals surface area (Å²) in [6.45, 7) is 0. The monoisotopic (exact) mass is 234 g/mol. The highest BCUT2D eigenvalue weighted by atomic mass is 16.3. The molecule has 1 amide bonds. The molecule has 2 aromatic rings. The number of aromatic nitrogens is 2. The van der Waals surface area contributed by atoms with Crippen molar-refractivity contribution in [2.75, 3.05) is 11.1 Å². The number of benzene rings is 1. The van der Waals surface area contributed by atoms with E-state index < -0.39 is 11.5 Å². The first-order valence-electron chi connectivity index (χ1n) is 4.75. The van der Waals surface area contributed by atoms with Crippen LogP contribution in [0.5, 0.6) is 5.75 Å². The third kappa shape index (κ3) is 1.98. The number of amides is 1. The second-order valence-corrected chi connectivity index (χ2v) is 3.34. The largest absolute Gasteiger partial charge is 0.507 e. The highest BCUT2D eigenvalue weighted by molar-refractivity contribution is 6.07. The number of hydrogen-bond acceptors (Lipinski definition) is 4. The number of anilines is 2. The first kappa shape index (κ1) is 10.8. The zero-order valence-electron chi connectivity index (χ0n) is 8.65. The van der Waals surface area contributed by atoms with Gasteiger partial charge in [0.15, 0.2) is 5.69 Å². The smallest absolute Gasteiger partial charge is 0.289 e. The molecular formula is C10H10N4O3. The second kappa shape index (κ2) is 4.05. The van der Waals surface area contributed by atoms with Crippen LogP contribution in [0.15, 0.2) is 29.1 Å². The normalized spacial score (nSPS) is 10.1. The van der Waals surface area contributed by atoms with E-state index >= 15 is 0 Å². The number of rotatable bonds is 2. The number of carbonyl (C=O) groups is 1. The molecule has 1 heterocycles. The molecular weight excluding hydrogens is 224 g/mol. The van der Waals surface area contributed by atoms with E-state index in [1.807, 2.05) is 0 Å². The highest BCUT2D eigenvalue weighted by Gasteiger charge is 2.14. The summed E-state index contributed by atoms with van der Waals surface area (Å²) in [5.41, 5.74) is 4.90. The number of nitrogen functional groups attached to an aromatic ring is 1. The van der Waals surface area contributed by atoms with E-state index in [2.05, 4.69) is 15.5 Å². The van der Waals surface area contributed by atoms with Crippen LogP contribution in [-0.2, 0) is 0 Å². The molecule has 1 aromatic heterocycles. The lowest BCUT2D eigenvalue weighted by atomic mass is 10.2. The van der Waals surface area contributed by atoms with Gasteiger partial charge in [-0.25, -0.2) is 0 Å². The van der Waals surface area contributed by atoms with E-state index in [-0.39, 0.29) is 22.8 Å². The van der Waals surface area contributed by atoms with Crippen LogP contribution in [0.4, 0.5) is 11.5 Å². The van der Waals surface area contributed by atoms with Crippen LogP contribution in [0.1, 0.15) is 10.4 Å². The SMILES string of the molecule is Nc1[nH][nH]c(=O)c1NC(=O)c1ccccc1O. The Morgan fingerprint density at radius 3 is 2.59 bits per heavy atom. The van der Waals surface area contributed by atoms with Crippen LogP contribution in [0.3, 0.4) is 0 Å². The van der Waals surface area contributed by atoms with Gasteiger partial charge in [0, 0.05) is 0 Å². The van der Waals surface area contributed by atoms with Crippen LogP contribution in [0.25, 0.3) is 0 Å². The summed E-state index contributed by atoms with van der Waals surface area (Å²) in [5.74, 6) is -0.755. The maximum absolute atomic E-state index is 11.7. The van der Waals surface area contributed by atoms with Crippen molar-refractivity contribution in [2.45, 2.75) is 0 Å². The summed E-state index contributed by atoms with van der Waals surface area (Å²) < 4.78 is 0. The van der Waals surface area contributed by atoms with E-state index in [1.54, 1.807) is 12.1 Å². The topological polar surface area (TPSA) is 124 Å². The van der Waals surface area contributed by atoms with Crippen molar-refractivity contribution in [3.63, 3.8) is 0 Å². The number of hydrogen-bond donors (Lipinski definition) is 5. The molecule has 0 radical (unpaired) electrons. The Morgan fingerprint density at radius 2 is 2.00 bits per heavy atom. The molecule has 88 valence electrons. The van der Waals surface area contributed by atoms with E-state index in [0.717, 1.165) is 0 Å². The van der Waals surface area contributed by atoms with Crippen molar-refractivity contribution < 1.29 is 9.90 Å². The third-order valence-corrected chi connectivity index (χ3v) is 2.19. The fourth-order valence-electron chi connectivity index (χ4n) is 1.34. The Bertz CT molecular complexity index is 614. The van der Waals surface area contributed by atoms with Crippen molar-refractivity contribution in [3.05, 3.63) is 40.2 Å². The van der Waals surface area contributed by atoms with Crippen LogP contribution in [-0.4, -0.2) is 21.2 Å². The van der Waals surface area contributed by atoms with E-state index in [1.165, 1.54) is 12.1 Å². The fourth-order valence-corrected chi connectivity index (χ4v) is 1.34. The molecule has 0 aliphatic rings. The van der Waals surface area contributed by atoms with Gasteiger partial charge in [-0.05, 0) is 12.1 Å². The molecule has 1 aromatic carbocycles. The number of nitrogens with one attached hydrogen (secondary N) is 3. The minimum atomic E-state index is -0.611. The standard InChI is InChI=1S/C10H10N4O3/c11-8-7(10(17)14-13-8)12-9(16)5-3-1-2-4-6(5)15/h1-4,15H,(H,12,16)(H4,11,13,14,17). The van der Waals surface area contributed by atoms with Gasteiger partial charge in [-0.3, -0.25) is 19.8 Å². The lowest BCUT2D eigenvalue weighted by Gasteiger charge is -2.04. The number of aromatic hydroxyl groups is 1. The van der Waals surface area contributed by atoms with E-state index in [4.69, 9.17) is 5.73 Å². The molecule has 0 bridgehead atoms. The average molecular weight is 234 g/mol. The number of H-pyrrole nitrogens is 2. The zero-order chi connectivity index (χ0) is 12.4. The molecule has 7 heteroatoms. The molecule has 0 atom stereocenters.